The molecule has 0 aromatic rings. The number of rotatable bonds is 2. The highest BCUT2D eigenvalue weighted by molar-refractivity contribution is 5.82. The molecule has 0 radical (unpaired) electrons. The summed E-state index contributed by atoms with van der Waals surface area (Å²) in [5.74, 6) is 0.110. The predicted molar refractivity (Wildman–Crippen MR) is 59.0 cm³/mol. The van der Waals surface area contributed by atoms with Crippen LogP contribution in [0.5, 0.6) is 0 Å². The van der Waals surface area contributed by atoms with E-state index in [-0.39, 0.29) is 24.2 Å². The molecule has 2 aliphatic heterocycles. The molecule has 92 valence electrons. The number of ether oxygens (including phenoxy) is 1. The van der Waals surface area contributed by atoms with Gasteiger partial charge in [-0.15, -0.1) is 0 Å². The number of hydrogen-bond donors (Lipinski definition) is 2. The number of aliphatic hydroxyl groups is 1. The van der Waals surface area contributed by atoms with E-state index in [4.69, 9.17) is 4.74 Å². The van der Waals surface area contributed by atoms with E-state index in [1.165, 1.54) is 0 Å². The summed E-state index contributed by atoms with van der Waals surface area (Å²) in [6.07, 6.45) is 1.26. The lowest BCUT2D eigenvalue weighted by Crippen LogP contribution is -2.51. The molecule has 0 saturated carbocycles. The number of carbonyl (C=O) groups is 1. The number of nitrogens with one attached hydrogen (secondary N) is 1. The van der Waals surface area contributed by atoms with Gasteiger partial charge in [-0.1, -0.05) is 6.92 Å². The smallest absolute Gasteiger partial charge is 0.239 e. The Morgan fingerprint density at radius 3 is 3.06 bits per heavy atom. The standard InChI is InChI=1S/C11H20N2O3/c1-2-9-7-13(3-4-16-9)11(15)10-5-8(14)6-12-10/h8-10,12,14H,2-7H2,1H3. The number of nitrogens with zero attached hydrogens (tertiary/aromatic N) is 1. The molecule has 0 aromatic carbocycles. The minimum Gasteiger partial charge on any atom is -0.392 e. The van der Waals surface area contributed by atoms with Crippen molar-refractivity contribution in [2.24, 2.45) is 0 Å². The second-order valence-electron chi connectivity index (χ2n) is 4.54. The Bertz CT molecular complexity index is 260. The first-order valence-corrected chi connectivity index (χ1v) is 6.02. The number of carbonyl (C=O) groups excluding carboxylic acids is 1. The first-order valence-electron chi connectivity index (χ1n) is 6.02. The van der Waals surface area contributed by atoms with E-state index in [1.54, 1.807) is 0 Å². The fraction of sp³-hybridized carbons (Fsp3) is 0.909. The highest BCUT2D eigenvalue weighted by atomic mass is 16.5. The van der Waals surface area contributed by atoms with Crippen LogP contribution in [0.1, 0.15) is 19.8 Å². The average Bonchev–Trinajstić information content (AvgIpc) is 2.75. The molecule has 2 rings (SSSR count). The number of aliphatic hydroxyl groups excluding tert-OH is 1. The molecular formula is C11H20N2O3. The first-order chi connectivity index (χ1) is 7.70. The van der Waals surface area contributed by atoms with Crippen LogP contribution in [0.4, 0.5) is 0 Å². The van der Waals surface area contributed by atoms with Crippen molar-refractivity contribution in [3.05, 3.63) is 0 Å². The molecule has 2 fully saturated rings. The minimum atomic E-state index is -0.378. The average molecular weight is 228 g/mol. The molecule has 5 heteroatoms. The van der Waals surface area contributed by atoms with Crippen molar-refractivity contribution in [1.82, 2.24) is 10.2 Å². The molecule has 16 heavy (non-hydrogen) atoms. The Morgan fingerprint density at radius 2 is 2.44 bits per heavy atom. The van der Waals surface area contributed by atoms with Gasteiger partial charge in [0.15, 0.2) is 0 Å². The van der Waals surface area contributed by atoms with Crippen molar-refractivity contribution in [3.8, 4) is 0 Å². The van der Waals surface area contributed by atoms with Gasteiger partial charge in [0.05, 0.1) is 24.9 Å². The van der Waals surface area contributed by atoms with E-state index in [0.717, 1.165) is 6.42 Å². The first kappa shape index (κ1) is 11.8. The molecule has 1 amide bonds. The monoisotopic (exact) mass is 228 g/mol. The highest BCUT2D eigenvalue weighted by Gasteiger charge is 2.33. The summed E-state index contributed by atoms with van der Waals surface area (Å²) < 4.78 is 5.53. The largest absolute Gasteiger partial charge is 0.392 e. The van der Waals surface area contributed by atoms with Gasteiger partial charge in [-0.2, -0.15) is 0 Å². The van der Waals surface area contributed by atoms with Crippen LogP contribution in [0.3, 0.4) is 0 Å². The third-order valence-electron chi connectivity index (χ3n) is 3.31. The van der Waals surface area contributed by atoms with Crippen molar-refractivity contribution in [2.45, 2.75) is 38.0 Å². The number of hydrogen-bond acceptors (Lipinski definition) is 4. The van der Waals surface area contributed by atoms with Gasteiger partial charge in [0.25, 0.3) is 0 Å². The van der Waals surface area contributed by atoms with Crippen LogP contribution in [0.15, 0.2) is 0 Å². The van der Waals surface area contributed by atoms with Crippen molar-refractivity contribution in [1.29, 1.82) is 0 Å². The second-order valence-corrected chi connectivity index (χ2v) is 4.54. The van der Waals surface area contributed by atoms with E-state index in [9.17, 15) is 9.90 Å². The summed E-state index contributed by atoms with van der Waals surface area (Å²) in [4.78, 5) is 14.0. The van der Waals surface area contributed by atoms with E-state index < -0.39 is 0 Å². The highest BCUT2D eigenvalue weighted by Crippen LogP contribution is 2.14. The van der Waals surface area contributed by atoms with Crippen LogP contribution in [-0.2, 0) is 9.53 Å². The van der Waals surface area contributed by atoms with Gasteiger partial charge >= 0.3 is 0 Å². The second kappa shape index (κ2) is 5.12. The lowest BCUT2D eigenvalue weighted by Gasteiger charge is -2.34. The molecule has 2 N–H and O–H groups in total. The van der Waals surface area contributed by atoms with Crippen LogP contribution in [-0.4, -0.2) is 60.4 Å². The summed E-state index contributed by atoms with van der Waals surface area (Å²) >= 11 is 0. The summed E-state index contributed by atoms with van der Waals surface area (Å²) in [5, 5.41) is 12.4. The number of β-amino-alcohol motifs (C(OH)–C–C–N with tert-alkyl or cyclic N) is 1. The van der Waals surface area contributed by atoms with Gasteiger partial charge in [-0.25, -0.2) is 0 Å². The lowest BCUT2D eigenvalue weighted by atomic mass is 10.1. The third kappa shape index (κ3) is 2.53. The topological polar surface area (TPSA) is 61.8 Å². The molecule has 3 atom stereocenters. The maximum Gasteiger partial charge on any atom is 0.239 e. The molecule has 2 heterocycles. The molecule has 2 saturated heterocycles. The maximum atomic E-state index is 12.1. The van der Waals surface area contributed by atoms with Gasteiger partial charge in [-0.05, 0) is 12.8 Å². The van der Waals surface area contributed by atoms with E-state index >= 15 is 0 Å². The van der Waals surface area contributed by atoms with Gasteiger partial charge in [0.2, 0.25) is 5.91 Å². The van der Waals surface area contributed by atoms with Gasteiger partial charge in [0.1, 0.15) is 0 Å². The lowest BCUT2D eigenvalue weighted by molar-refractivity contribution is -0.140. The summed E-state index contributed by atoms with van der Waals surface area (Å²) in [5.41, 5.74) is 0. The van der Waals surface area contributed by atoms with Gasteiger partial charge in [-0.3, -0.25) is 4.79 Å². The Morgan fingerprint density at radius 1 is 1.62 bits per heavy atom. The summed E-state index contributed by atoms with van der Waals surface area (Å²) in [7, 11) is 0. The molecule has 0 aliphatic carbocycles. The van der Waals surface area contributed by atoms with Crippen molar-refractivity contribution in [2.75, 3.05) is 26.2 Å². The van der Waals surface area contributed by atoms with E-state index in [1.807, 2.05) is 4.90 Å². The van der Waals surface area contributed by atoms with Crippen LogP contribution in [0.25, 0.3) is 0 Å². The van der Waals surface area contributed by atoms with Crippen LogP contribution >= 0.6 is 0 Å². The van der Waals surface area contributed by atoms with Gasteiger partial charge in [0, 0.05) is 19.6 Å². The maximum absolute atomic E-state index is 12.1. The van der Waals surface area contributed by atoms with Crippen molar-refractivity contribution < 1.29 is 14.6 Å². The fourth-order valence-electron chi connectivity index (χ4n) is 2.29. The molecule has 0 bridgehead atoms. The molecule has 3 unspecified atom stereocenters. The normalized spacial score (nSPS) is 35.4. The zero-order chi connectivity index (χ0) is 11.5. The molecule has 5 nitrogen and oxygen atoms in total. The van der Waals surface area contributed by atoms with Crippen molar-refractivity contribution >= 4 is 5.91 Å². The van der Waals surface area contributed by atoms with E-state index in [2.05, 4.69) is 12.2 Å². The molecular weight excluding hydrogens is 208 g/mol. The molecule has 2 aliphatic rings. The van der Waals surface area contributed by atoms with Crippen LogP contribution in [0, 0.1) is 0 Å². The van der Waals surface area contributed by atoms with E-state index in [0.29, 0.717) is 32.7 Å². The zero-order valence-electron chi connectivity index (χ0n) is 9.69. The third-order valence-corrected chi connectivity index (χ3v) is 3.31. The Hall–Kier alpha value is -0.650. The molecule has 0 aromatic heterocycles. The summed E-state index contributed by atoms with van der Waals surface area (Å²) in [6, 6.07) is -0.203. The zero-order valence-corrected chi connectivity index (χ0v) is 9.69. The van der Waals surface area contributed by atoms with Gasteiger partial charge < -0.3 is 20.1 Å². The Kier molecular flexibility index (Phi) is 3.78. The Balaban J connectivity index is 1.89. The quantitative estimate of drug-likeness (QED) is 0.659. The Labute approximate surface area is 95.8 Å². The predicted octanol–water partition coefficient (Wildman–Crippen LogP) is -0.653. The summed E-state index contributed by atoms with van der Waals surface area (Å²) in [6.45, 7) is 4.57. The number of morpholine rings is 1. The van der Waals surface area contributed by atoms with Crippen molar-refractivity contribution in [3.63, 3.8) is 0 Å². The number of amides is 1. The minimum absolute atomic E-state index is 0.110. The molecule has 0 spiro atoms. The SMILES string of the molecule is CCC1CN(C(=O)C2CC(O)CN2)CCO1. The van der Waals surface area contributed by atoms with Crippen LogP contribution in [0.2, 0.25) is 0 Å². The fourth-order valence-corrected chi connectivity index (χ4v) is 2.29. The van der Waals surface area contributed by atoms with Crippen LogP contribution < -0.4 is 5.32 Å².